The quantitative estimate of drug-likeness (QED) is 0.862. The second-order valence-electron chi connectivity index (χ2n) is 6.40. The van der Waals surface area contributed by atoms with Gasteiger partial charge in [0.2, 0.25) is 11.8 Å². The molecule has 0 spiro atoms. The maximum Gasteiger partial charge on any atom is 0.249 e. The van der Waals surface area contributed by atoms with E-state index in [4.69, 9.17) is 17.3 Å². The van der Waals surface area contributed by atoms with Crippen LogP contribution in [0.4, 0.5) is 14.5 Å². The van der Waals surface area contributed by atoms with E-state index in [1.807, 2.05) is 0 Å². The molecule has 1 atom stereocenters. The number of halogens is 3. The van der Waals surface area contributed by atoms with Crippen LogP contribution in [0.15, 0.2) is 18.2 Å². The van der Waals surface area contributed by atoms with Crippen LogP contribution in [0.1, 0.15) is 19.3 Å². The van der Waals surface area contributed by atoms with Gasteiger partial charge in [0.1, 0.15) is 17.5 Å². The Bertz CT molecular complexity index is 679. The molecule has 0 aromatic heterocycles. The summed E-state index contributed by atoms with van der Waals surface area (Å²) >= 11 is 5.74. The van der Waals surface area contributed by atoms with Gasteiger partial charge in [0.05, 0.1) is 5.02 Å². The molecule has 0 radical (unpaired) electrons. The number of alkyl halides is 1. The average molecular weight is 358 g/mol. The highest BCUT2D eigenvalue weighted by molar-refractivity contribution is 6.31. The van der Waals surface area contributed by atoms with Crippen LogP contribution in [0.25, 0.3) is 0 Å². The summed E-state index contributed by atoms with van der Waals surface area (Å²) in [5, 5.41) is 2.61. The normalized spacial score (nSPS) is 29.5. The lowest BCUT2D eigenvalue weighted by Crippen LogP contribution is -2.53. The molecule has 1 saturated heterocycles. The van der Waals surface area contributed by atoms with Gasteiger partial charge in [0, 0.05) is 24.7 Å². The number of nitrogens with one attached hydrogen (secondary N) is 1. The van der Waals surface area contributed by atoms with Gasteiger partial charge in [0.25, 0.3) is 0 Å². The lowest BCUT2D eigenvalue weighted by molar-refractivity contribution is -0.136. The first-order valence-electron chi connectivity index (χ1n) is 7.79. The summed E-state index contributed by atoms with van der Waals surface area (Å²) in [4.78, 5) is 26.0. The van der Waals surface area contributed by atoms with Gasteiger partial charge >= 0.3 is 0 Å². The van der Waals surface area contributed by atoms with Crippen LogP contribution in [-0.4, -0.2) is 36.6 Å². The topological polar surface area (TPSA) is 75.4 Å². The summed E-state index contributed by atoms with van der Waals surface area (Å²) in [6.45, 7) is 0.296. The van der Waals surface area contributed by atoms with Crippen molar-refractivity contribution >= 4 is 29.1 Å². The third-order valence-corrected chi connectivity index (χ3v) is 4.99. The fourth-order valence-corrected chi connectivity index (χ4v) is 3.36. The molecule has 8 heteroatoms. The third kappa shape index (κ3) is 3.10. The minimum atomic E-state index is -1.46. The van der Waals surface area contributed by atoms with E-state index in [-0.39, 0.29) is 36.2 Å². The molecule has 2 amide bonds. The van der Waals surface area contributed by atoms with Gasteiger partial charge in [-0.15, -0.1) is 0 Å². The largest absolute Gasteiger partial charge is 0.344 e. The average Bonchev–Trinajstić information content (AvgIpc) is 2.88. The number of hydrogen-bond acceptors (Lipinski definition) is 3. The molecule has 1 saturated carbocycles. The lowest BCUT2D eigenvalue weighted by atomic mass is 9.72. The first-order chi connectivity index (χ1) is 11.3. The summed E-state index contributed by atoms with van der Waals surface area (Å²) in [7, 11) is 0. The zero-order valence-electron chi connectivity index (χ0n) is 12.9. The number of nitrogens with zero attached hydrogens (tertiary/aromatic N) is 1. The summed E-state index contributed by atoms with van der Waals surface area (Å²) in [5.41, 5.74) is 4.34. The number of benzene rings is 1. The number of anilines is 1. The van der Waals surface area contributed by atoms with Crippen LogP contribution < -0.4 is 16.0 Å². The molecule has 3 N–H and O–H groups in total. The maximum atomic E-state index is 13.8. The Hall–Kier alpha value is -1.73. The number of carbonyl (C=O) groups excluding carboxylic acids is 2. The van der Waals surface area contributed by atoms with E-state index in [0.29, 0.717) is 18.7 Å². The molecule has 130 valence electrons. The van der Waals surface area contributed by atoms with Crippen LogP contribution >= 0.6 is 11.6 Å². The van der Waals surface area contributed by atoms with E-state index < -0.39 is 23.4 Å². The number of amides is 2. The van der Waals surface area contributed by atoms with Crippen molar-refractivity contribution in [1.82, 2.24) is 5.32 Å². The van der Waals surface area contributed by atoms with Crippen LogP contribution in [0.5, 0.6) is 0 Å². The Morgan fingerprint density at radius 1 is 1.46 bits per heavy atom. The van der Waals surface area contributed by atoms with Gasteiger partial charge in [0.15, 0.2) is 0 Å². The zero-order chi connectivity index (χ0) is 17.5. The van der Waals surface area contributed by atoms with Crippen LogP contribution in [0.2, 0.25) is 5.02 Å². The van der Waals surface area contributed by atoms with Gasteiger partial charge in [-0.1, -0.05) is 11.6 Å². The molecule has 0 bridgehead atoms. The molecule has 2 fully saturated rings. The molecular formula is C16H18ClF2N3O2. The van der Waals surface area contributed by atoms with Gasteiger partial charge < -0.3 is 16.0 Å². The first-order valence-corrected chi connectivity index (χ1v) is 8.16. The van der Waals surface area contributed by atoms with E-state index >= 15 is 0 Å². The Balaban J connectivity index is 1.60. The maximum absolute atomic E-state index is 13.8. The molecule has 1 aromatic rings. The van der Waals surface area contributed by atoms with Crippen molar-refractivity contribution in [3.63, 3.8) is 0 Å². The van der Waals surface area contributed by atoms with Crippen LogP contribution in [0.3, 0.4) is 0 Å². The van der Waals surface area contributed by atoms with Crippen molar-refractivity contribution in [2.75, 3.05) is 18.0 Å². The van der Waals surface area contributed by atoms with E-state index in [1.165, 1.54) is 23.1 Å². The number of carbonyl (C=O) groups is 2. The monoisotopic (exact) mass is 357 g/mol. The number of nitrogens with two attached hydrogens (primary N) is 1. The minimum absolute atomic E-state index is 0.0664. The van der Waals surface area contributed by atoms with Gasteiger partial charge in [-0.25, -0.2) is 8.78 Å². The summed E-state index contributed by atoms with van der Waals surface area (Å²) in [6, 6.07) is 3.38. The Morgan fingerprint density at radius 3 is 2.79 bits per heavy atom. The van der Waals surface area contributed by atoms with Crippen LogP contribution in [-0.2, 0) is 9.59 Å². The summed E-state index contributed by atoms with van der Waals surface area (Å²) in [5.74, 6) is -1.61. The molecule has 2 aliphatic rings. The molecule has 1 aromatic carbocycles. The second kappa shape index (κ2) is 6.29. The fourth-order valence-electron chi connectivity index (χ4n) is 3.19. The molecule has 1 unspecified atom stereocenters. The van der Waals surface area contributed by atoms with Crippen LogP contribution in [0, 0.1) is 11.7 Å². The SMILES string of the molecule is NCC1(F)CC(C(=O)NC2CCN(c3ccc(F)c(Cl)c3)C2=O)C1. The summed E-state index contributed by atoms with van der Waals surface area (Å²) in [6.07, 6.45) is 0.616. The van der Waals surface area contributed by atoms with Gasteiger partial charge in [-0.3, -0.25) is 9.59 Å². The Labute approximate surface area is 143 Å². The highest BCUT2D eigenvalue weighted by Crippen LogP contribution is 2.40. The van der Waals surface area contributed by atoms with Gasteiger partial charge in [-0.2, -0.15) is 0 Å². The van der Waals surface area contributed by atoms with E-state index in [2.05, 4.69) is 5.32 Å². The van der Waals surface area contributed by atoms with Crippen molar-refractivity contribution in [3.8, 4) is 0 Å². The fraction of sp³-hybridized carbons (Fsp3) is 0.500. The van der Waals surface area contributed by atoms with Crippen molar-refractivity contribution in [2.45, 2.75) is 31.0 Å². The van der Waals surface area contributed by atoms with Crippen molar-refractivity contribution in [2.24, 2.45) is 11.7 Å². The van der Waals surface area contributed by atoms with Crippen molar-refractivity contribution < 1.29 is 18.4 Å². The second-order valence-corrected chi connectivity index (χ2v) is 6.81. The van der Waals surface area contributed by atoms with E-state index in [9.17, 15) is 18.4 Å². The standard InChI is InChI=1S/C16H18ClF2N3O2/c17-11-5-10(1-2-12(11)18)22-4-3-13(15(22)24)21-14(23)9-6-16(19,7-9)8-20/h1-2,5,9,13H,3-4,6-8,20H2,(H,21,23). The van der Waals surface area contributed by atoms with Crippen molar-refractivity contribution in [1.29, 1.82) is 0 Å². The van der Waals surface area contributed by atoms with Gasteiger partial charge in [-0.05, 0) is 37.5 Å². The summed E-state index contributed by atoms with van der Waals surface area (Å²) < 4.78 is 27.0. The van der Waals surface area contributed by atoms with Crippen molar-refractivity contribution in [3.05, 3.63) is 29.0 Å². The molecular weight excluding hydrogens is 340 g/mol. The number of hydrogen-bond donors (Lipinski definition) is 2. The smallest absolute Gasteiger partial charge is 0.249 e. The molecule has 24 heavy (non-hydrogen) atoms. The Kier molecular flexibility index (Phi) is 4.48. The Morgan fingerprint density at radius 2 is 2.17 bits per heavy atom. The highest BCUT2D eigenvalue weighted by Gasteiger charge is 2.48. The molecule has 3 rings (SSSR count). The highest BCUT2D eigenvalue weighted by atomic mass is 35.5. The van der Waals surface area contributed by atoms with E-state index in [0.717, 1.165) is 0 Å². The molecule has 1 aliphatic heterocycles. The van der Waals surface area contributed by atoms with E-state index in [1.54, 1.807) is 0 Å². The third-order valence-electron chi connectivity index (χ3n) is 4.70. The zero-order valence-corrected chi connectivity index (χ0v) is 13.7. The molecule has 5 nitrogen and oxygen atoms in total. The molecule has 1 heterocycles. The lowest BCUT2D eigenvalue weighted by Gasteiger charge is -2.39. The molecule has 1 aliphatic carbocycles. The predicted octanol–water partition coefficient (Wildman–Crippen LogP) is 1.78. The minimum Gasteiger partial charge on any atom is -0.344 e. The number of rotatable bonds is 4. The first kappa shape index (κ1) is 17.1. The predicted molar refractivity (Wildman–Crippen MR) is 85.9 cm³/mol.